The number of piperidine rings is 1. The number of likely N-dealkylation sites (tertiary alicyclic amines) is 1. The maximum Gasteiger partial charge on any atom is 0.263 e. The van der Waals surface area contributed by atoms with Crippen LogP contribution in [0.4, 0.5) is 0 Å². The SMILES string of the molecule is O=C(c1cnc(C2CC2)[nH]c1=O)N1CCC([C@H](O)Cc2ccccc2)CC1. The summed E-state index contributed by atoms with van der Waals surface area (Å²) in [6.07, 6.45) is 5.23. The number of H-pyrrole nitrogens is 1. The number of aliphatic hydroxyl groups is 1. The molecule has 2 aromatic rings. The van der Waals surface area contributed by atoms with Crippen molar-refractivity contribution < 1.29 is 9.90 Å². The Morgan fingerprint density at radius 2 is 1.89 bits per heavy atom. The van der Waals surface area contributed by atoms with Gasteiger partial charge in [-0.15, -0.1) is 0 Å². The van der Waals surface area contributed by atoms with E-state index in [-0.39, 0.29) is 22.9 Å². The second-order valence-electron chi connectivity index (χ2n) is 7.67. The van der Waals surface area contributed by atoms with Crippen molar-refractivity contribution in [3.05, 3.63) is 63.8 Å². The smallest absolute Gasteiger partial charge is 0.263 e. The van der Waals surface area contributed by atoms with Gasteiger partial charge in [-0.05, 0) is 43.6 Å². The molecule has 1 aliphatic heterocycles. The Labute approximate surface area is 158 Å². The maximum atomic E-state index is 12.7. The molecule has 0 radical (unpaired) electrons. The molecule has 1 saturated heterocycles. The molecule has 1 aliphatic carbocycles. The summed E-state index contributed by atoms with van der Waals surface area (Å²) in [6, 6.07) is 9.96. The topological polar surface area (TPSA) is 86.3 Å². The number of hydrogen-bond donors (Lipinski definition) is 2. The summed E-state index contributed by atoms with van der Waals surface area (Å²) in [6.45, 7) is 1.11. The highest BCUT2D eigenvalue weighted by atomic mass is 16.3. The third-order valence-corrected chi connectivity index (χ3v) is 5.67. The van der Waals surface area contributed by atoms with Crippen LogP contribution in [-0.4, -0.2) is 45.1 Å². The monoisotopic (exact) mass is 367 g/mol. The summed E-state index contributed by atoms with van der Waals surface area (Å²) in [4.78, 5) is 33.7. The predicted octanol–water partition coefficient (Wildman–Crippen LogP) is 2.10. The number of carbonyl (C=O) groups is 1. The molecule has 27 heavy (non-hydrogen) atoms. The number of rotatable bonds is 5. The van der Waals surface area contributed by atoms with Crippen molar-refractivity contribution in [2.75, 3.05) is 13.1 Å². The minimum Gasteiger partial charge on any atom is -0.392 e. The van der Waals surface area contributed by atoms with Crippen molar-refractivity contribution in [1.82, 2.24) is 14.9 Å². The largest absolute Gasteiger partial charge is 0.392 e. The fourth-order valence-electron chi connectivity index (χ4n) is 3.81. The number of aromatic nitrogens is 2. The minimum absolute atomic E-state index is 0.114. The standard InChI is InChI=1S/C21H25N3O3/c25-18(12-14-4-2-1-3-5-14)15-8-10-24(11-9-15)21(27)17-13-22-19(16-6-7-16)23-20(17)26/h1-5,13,15-16,18,25H,6-12H2,(H,22,23,26)/t18-/m1/s1. The molecule has 0 unspecified atom stereocenters. The second-order valence-corrected chi connectivity index (χ2v) is 7.67. The lowest BCUT2D eigenvalue weighted by Gasteiger charge is -2.34. The van der Waals surface area contributed by atoms with E-state index in [2.05, 4.69) is 9.97 Å². The maximum absolute atomic E-state index is 12.7. The zero-order valence-corrected chi connectivity index (χ0v) is 15.3. The molecule has 4 rings (SSSR count). The fraction of sp³-hybridized carbons (Fsp3) is 0.476. The highest BCUT2D eigenvalue weighted by Crippen LogP contribution is 2.37. The Morgan fingerprint density at radius 3 is 2.52 bits per heavy atom. The first-order chi connectivity index (χ1) is 13.1. The Balaban J connectivity index is 1.34. The van der Waals surface area contributed by atoms with Gasteiger partial charge in [-0.1, -0.05) is 30.3 Å². The van der Waals surface area contributed by atoms with Gasteiger partial charge in [-0.3, -0.25) is 9.59 Å². The molecule has 6 nitrogen and oxygen atoms in total. The third kappa shape index (κ3) is 4.11. The van der Waals surface area contributed by atoms with E-state index >= 15 is 0 Å². The summed E-state index contributed by atoms with van der Waals surface area (Å²) < 4.78 is 0. The van der Waals surface area contributed by atoms with E-state index < -0.39 is 6.10 Å². The van der Waals surface area contributed by atoms with Gasteiger partial charge < -0.3 is 15.0 Å². The van der Waals surface area contributed by atoms with Crippen molar-refractivity contribution in [3.63, 3.8) is 0 Å². The molecule has 1 aromatic carbocycles. The zero-order chi connectivity index (χ0) is 18.8. The zero-order valence-electron chi connectivity index (χ0n) is 15.3. The highest BCUT2D eigenvalue weighted by molar-refractivity contribution is 5.93. The van der Waals surface area contributed by atoms with E-state index in [4.69, 9.17) is 0 Å². The van der Waals surface area contributed by atoms with Crippen LogP contribution in [0.15, 0.2) is 41.3 Å². The van der Waals surface area contributed by atoms with Gasteiger partial charge in [0.05, 0.1) is 6.10 Å². The average molecular weight is 367 g/mol. The lowest BCUT2D eigenvalue weighted by atomic mass is 9.88. The molecule has 1 amide bonds. The van der Waals surface area contributed by atoms with Crippen LogP contribution in [0, 0.1) is 5.92 Å². The molecule has 0 spiro atoms. The number of aromatic amines is 1. The van der Waals surface area contributed by atoms with Crippen molar-refractivity contribution in [2.24, 2.45) is 5.92 Å². The number of nitrogens with zero attached hydrogens (tertiary/aromatic N) is 2. The van der Waals surface area contributed by atoms with Gasteiger partial charge in [0.15, 0.2) is 0 Å². The quantitative estimate of drug-likeness (QED) is 0.847. The number of amides is 1. The van der Waals surface area contributed by atoms with Crippen LogP contribution in [0.2, 0.25) is 0 Å². The fourth-order valence-corrected chi connectivity index (χ4v) is 3.81. The molecule has 6 heteroatoms. The van der Waals surface area contributed by atoms with Gasteiger partial charge >= 0.3 is 0 Å². The summed E-state index contributed by atoms with van der Waals surface area (Å²) >= 11 is 0. The number of benzene rings is 1. The summed E-state index contributed by atoms with van der Waals surface area (Å²) in [5.74, 6) is 0.952. The Morgan fingerprint density at radius 1 is 1.19 bits per heavy atom. The molecule has 2 N–H and O–H groups in total. The van der Waals surface area contributed by atoms with Crippen LogP contribution < -0.4 is 5.56 Å². The first-order valence-corrected chi connectivity index (χ1v) is 9.72. The number of carbonyl (C=O) groups excluding carboxylic acids is 1. The lowest BCUT2D eigenvalue weighted by Crippen LogP contribution is -2.43. The number of aliphatic hydroxyl groups excluding tert-OH is 1. The molecule has 1 saturated carbocycles. The molecule has 142 valence electrons. The lowest BCUT2D eigenvalue weighted by molar-refractivity contribution is 0.0466. The molecule has 1 atom stereocenters. The first-order valence-electron chi connectivity index (χ1n) is 9.72. The Kier molecular flexibility index (Phi) is 5.07. The van der Waals surface area contributed by atoms with Gasteiger partial charge in [0.25, 0.3) is 11.5 Å². The average Bonchev–Trinajstić information content (AvgIpc) is 3.54. The second kappa shape index (κ2) is 7.64. The minimum atomic E-state index is -0.410. The molecule has 1 aromatic heterocycles. The van der Waals surface area contributed by atoms with E-state index in [0.29, 0.717) is 31.3 Å². The first kappa shape index (κ1) is 17.9. The summed E-state index contributed by atoms with van der Waals surface area (Å²) in [5.41, 5.74) is 0.891. The van der Waals surface area contributed by atoms with Gasteiger partial charge in [0.2, 0.25) is 0 Å². The van der Waals surface area contributed by atoms with E-state index in [1.54, 1.807) is 4.90 Å². The van der Waals surface area contributed by atoms with Crippen molar-refractivity contribution in [3.8, 4) is 0 Å². The van der Waals surface area contributed by atoms with Crippen molar-refractivity contribution in [1.29, 1.82) is 0 Å². The van der Waals surface area contributed by atoms with Crippen LogP contribution in [-0.2, 0) is 6.42 Å². The summed E-state index contributed by atoms with van der Waals surface area (Å²) in [5, 5.41) is 10.5. The van der Waals surface area contributed by atoms with Crippen LogP contribution in [0.1, 0.15) is 53.3 Å². The van der Waals surface area contributed by atoms with Crippen LogP contribution >= 0.6 is 0 Å². The normalized spacial score (nSPS) is 19.1. The molecule has 2 heterocycles. The van der Waals surface area contributed by atoms with Gasteiger partial charge in [0, 0.05) is 25.2 Å². The Hall–Kier alpha value is -2.47. The van der Waals surface area contributed by atoms with Crippen LogP contribution in [0.5, 0.6) is 0 Å². The van der Waals surface area contributed by atoms with Crippen LogP contribution in [0.25, 0.3) is 0 Å². The van der Waals surface area contributed by atoms with Crippen molar-refractivity contribution >= 4 is 5.91 Å². The van der Waals surface area contributed by atoms with Gasteiger partial charge in [-0.25, -0.2) is 4.98 Å². The van der Waals surface area contributed by atoms with Gasteiger partial charge in [-0.2, -0.15) is 0 Å². The van der Waals surface area contributed by atoms with Crippen LogP contribution in [0.3, 0.4) is 0 Å². The number of hydrogen-bond acceptors (Lipinski definition) is 4. The van der Waals surface area contributed by atoms with E-state index in [1.807, 2.05) is 30.3 Å². The molecule has 2 fully saturated rings. The molecule has 0 bridgehead atoms. The Bertz CT molecular complexity index is 852. The van der Waals surface area contributed by atoms with E-state index in [1.165, 1.54) is 6.20 Å². The predicted molar refractivity (Wildman–Crippen MR) is 102 cm³/mol. The summed E-state index contributed by atoms with van der Waals surface area (Å²) in [7, 11) is 0. The number of nitrogens with one attached hydrogen (secondary N) is 1. The van der Waals surface area contributed by atoms with Gasteiger partial charge in [0.1, 0.15) is 11.4 Å². The molecule has 2 aliphatic rings. The third-order valence-electron chi connectivity index (χ3n) is 5.67. The van der Waals surface area contributed by atoms with E-state index in [0.717, 1.165) is 31.2 Å². The van der Waals surface area contributed by atoms with E-state index in [9.17, 15) is 14.7 Å². The van der Waals surface area contributed by atoms with Crippen molar-refractivity contribution in [2.45, 2.75) is 44.1 Å². The molecular weight excluding hydrogens is 342 g/mol. The molecular formula is C21H25N3O3. The highest BCUT2D eigenvalue weighted by Gasteiger charge is 2.30.